The van der Waals surface area contributed by atoms with Crippen LogP contribution < -0.4 is 16.8 Å². The molecule has 0 aliphatic rings. The molecule has 0 saturated carbocycles. The second-order valence-corrected chi connectivity index (χ2v) is 7.63. The van der Waals surface area contributed by atoms with Gasteiger partial charge in [0.2, 0.25) is 0 Å². The topological polar surface area (TPSA) is 121 Å². The van der Waals surface area contributed by atoms with Crippen molar-refractivity contribution in [2.45, 2.75) is 12.8 Å². The van der Waals surface area contributed by atoms with E-state index >= 15 is 0 Å². The van der Waals surface area contributed by atoms with Crippen molar-refractivity contribution >= 4 is 22.7 Å². The smallest absolute Gasteiger partial charge is 0.343 e. The Morgan fingerprint density at radius 1 is 1.16 bits per heavy atom. The first-order valence-corrected chi connectivity index (χ1v) is 9.83. The maximum Gasteiger partial charge on any atom is 0.343 e. The molecule has 2 amide bonds. The number of urea groups is 1. The van der Waals surface area contributed by atoms with Crippen molar-refractivity contribution in [3.05, 3.63) is 76.1 Å². The lowest BCUT2D eigenvalue weighted by atomic mass is 9.78. The number of amides is 2. The lowest BCUT2D eigenvalue weighted by molar-refractivity contribution is 0.249. The van der Waals surface area contributed by atoms with Crippen LogP contribution in [-0.4, -0.2) is 42.4 Å². The number of para-hydroxylation sites is 1. The molecule has 31 heavy (non-hydrogen) atoms. The number of hydrogen-bond acceptors (Lipinski definition) is 6. The third-order valence-corrected chi connectivity index (χ3v) is 5.13. The maximum absolute atomic E-state index is 13.1. The summed E-state index contributed by atoms with van der Waals surface area (Å²) in [5, 5.41) is 15.7. The highest BCUT2D eigenvalue weighted by Crippen LogP contribution is 2.39. The van der Waals surface area contributed by atoms with E-state index in [4.69, 9.17) is 10.2 Å². The van der Waals surface area contributed by atoms with E-state index in [-0.39, 0.29) is 17.2 Å². The quantitative estimate of drug-likeness (QED) is 0.307. The van der Waals surface area contributed by atoms with Gasteiger partial charge in [0.05, 0.1) is 10.9 Å². The van der Waals surface area contributed by atoms with Crippen molar-refractivity contribution in [2.24, 2.45) is 16.8 Å². The number of aromatic hydroxyl groups is 1. The van der Waals surface area contributed by atoms with Crippen molar-refractivity contribution in [3.8, 4) is 5.75 Å². The Hall–Kier alpha value is -3.65. The fraction of sp³-hybridized carbons (Fsp3) is 0.261. The summed E-state index contributed by atoms with van der Waals surface area (Å²) in [4.78, 5) is 26.2. The van der Waals surface area contributed by atoms with Gasteiger partial charge in [-0.1, -0.05) is 42.5 Å². The lowest BCUT2D eigenvalue weighted by Crippen LogP contribution is -2.36. The molecule has 3 rings (SSSR count). The molecule has 1 heterocycles. The molecule has 2 aromatic carbocycles. The monoisotopic (exact) mass is 422 g/mol. The molecule has 162 valence electrons. The Balaban J connectivity index is 2.28. The van der Waals surface area contributed by atoms with Gasteiger partial charge in [-0.15, -0.1) is 0 Å². The minimum Gasteiger partial charge on any atom is -0.507 e. The summed E-state index contributed by atoms with van der Waals surface area (Å²) in [5.41, 5.74) is 8.63. The molecule has 0 saturated heterocycles. The molecule has 0 spiro atoms. The van der Waals surface area contributed by atoms with Gasteiger partial charge in [-0.2, -0.15) is 5.10 Å². The van der Waals surface area contributed by atoms with Gasteiger partial charge >= 0.3 is 11.7 Å². The van der Waals surface area contributed by atoms with E-state index in [9.17, 15) is 14.7 Å². The number of hydrazone groups is 1. The molecule has 0 aliphatic carbocycles. The van der Waals surface area contributed by atoms with E-state index < -0.39 is 17.6 Å². The summed E-state index contributed by atoms with van der Waals surface area (Å²) in [5.74, 6) is -1.08. The molecular formula is C23H26N4O4. The average molecular weight is 422 g/mol. The number of fused-ring (bicyclic) bond motifs is 1. The van der Waals surface area contributed by atoms with E-state index in [2.05, 4.69) is 10.5 Å². The van der Waals surface area contributed by atoms with Crippen LogP contribution in [0.5, 0.6) is 5.75 Å². The van der Waals surface area contributed by atoms with Crippen LogP contribution in [0.4, 0.5) is 4.79 Å². The normalized spacial score (nSPS) is 13.9. The fourth-order valence-electron chi connectivity index (χ4n) is 3.78. The number of hydrogen-bond donors (Lipinski definition) is 3. The van der Waals surface area contributed by atoms with Crippen molar-refractivity contribution in [3.63, 3.8) is 0 Å². The molecule has 4 N–H and O–H groups in total. The first-order chi connectivity index (χ1) is 14.8. The Bertz CT molecular complexity index is 1160. The van der Waals surface area contributed by atoms with Crippen LogP contribution in [0.15, 0.2) is 68.9 Å². The predicted octanol–water partition coefficient (Wildman–Crippen LogP) is 2.85. The van der Waals surface area contributed by atoms with Crippen LogP contribution >= 0.6 is 0 Å². The molecular weight excluding hydrogens is 396 g/mol. The van der Waals surface area contributed by atoms with E-state index in [0.717, 1.165) is 5.56 Å². The molecule has 0 fully saturated rings. The Morgan fingerprint density at radius 3 is 2.45 bits per heavy atom. The van der Waals surface area contributed by atoms with Gasteiger partial charge in [-0.25, -0.2) is 15.0 Å². The molecule has 0 bridgehead atoms. The summed E-state index contributed by atoms with van der Waals surface area (Å²) in [7, 11) is 3.79. The zero-order valence-electron chi connectivity index (χ0n) is 17.7. The Kier molecular flexibility index (Phi) is 6.71. The van der Waals surface area contributed by atoms with Crippen molar-refractivity contribution in [1.82, 2.24) is 10.3 Å². The van der Waals surface area contributed by atoms with Crippen LogP contribution in [0, 0.1) is 5.92 Å². The molecule has 2 atom stereocenters. The molecule has 8 nitrogen and oxygen atoms in total. The first-order valence-electron chi connectivity index (χ1n) is 9.83. The Morgan fingerprint density at radius 2 is 1.81 bits per heavy atom. The summed E-state index contributed by atoms with van der Waals surface area (Å²) >= 11 is 0. The van der Waals surface area contributed by atoms with Gasteiger partial charge in [0.15, 0.2) is 0 Å². The number of nitrogens with two attached hydrogens (primary N) is 1. The summed E-state index contributed by atoms with van der Waals surface area (Å²) in [6, 6.07) is 15.4. The average Bonchev–Trinajstić information content (AvgIpc) is 2.74. The second-order valence-electron chi connectivity index (χ2n) is 7.63. The molecule has 0 radical (unpaired) electrons. The van der Waals surface area contributed by atoms with Gasteiger partial charge in [0.25, 0.3) is 0 Å². The molecule has 1 aromatic heterocycles. The third kappa shape index (κ3) is 4.92. The molecule has 0 aliphatic heterocycles. The zero-order valence-corrected chi connectivity index (χ0v) is 17.7. The van der Waals surface area contributed by atoms with E-state index in [1.807, 2.05) is 49.3 Å². The van der Waals surface area contributed by atoms with E-state index in [1.54, 1.807) is 31.2 Å². The van der Waals surface area contributed by atoms with E-state index in [1.165, 1.54) is 0 Å². The number of carbonyl (C=O) groups is 1. The number of benzene rings is 2. The summed E-state index contributed by atoms with van der Waals surface area (Å²) in [6.07, 6.45) is 0. The highest BCUT2D eigenvalue weighted by Gasteiger charge is 2.33. The van der Waals surface area contributed by atoms with Gasteiger partial charge in [-0.05, 0) is 38.7 Å². The second kappa shape index (κ2) is 9.44. The number of rotatable bonds is 7. The molecule has 3 aromatic rings. The fourth-order valence-corrected chi connectivity index (χ4v) is 3.78. The summed E-state index contributed by atoms with van der Waals surface area (Å²) in [6.45, 7) is 2.24. The minimum atomic E-state index is -0.785. The maximum atomic E-state index is 13.1. The zero-order chi connectivity index (χ0) is 22.5. The van der Waals surface area contributed by atoms with Crippen LogP contribution in [0.2, 0.25) is 0 Å². The highest BCUT2D eigenvalue weighted by atomic mass is 16.4. The number of primary amides is 1. The van der Waals surface area contributed by atoms with Gasteiger partial charge in [-0.3, -0.25) is 0 Å². The van der Waals surface area contributed by atoms with Crippen LogP contribution in [0.1, 0.15) is 24.0 Å². The SMILES string of the molecule is C/C(=N\NC(N)=O)C(CN(C)C)C(c1ccccc1)c1c(O)c2ccccc2oc1=O. The standard InChI is InChI=1S/C23H26N4O4/c1-14(25-26-23(24)30)17(13-27(2)3)19(15-9-5-4-6-10-15)20-21(28)16-11-7-8-12-18(16)31-22(20)29/h4-12,17,19,28H,13H2,1-3H3,(H3,24,26,30)/b25-14+. The lowest BCUT2D eigenvalue weighted by Gasteiger charge is -2.30. The van der Waals surface area contributed by atoms with E-state index in [0.29, 0.717) is 23.2 Å². The number of nitrogens with zero attached hydrogens (tertiary/aromatic N) is 2. The van der Waals surface area contributed by atoms with Gasteiger partial charge < -0.3 is 20.2 Å². The van der Waals surface area contributed by atoms with Gasteiger partial charge in [0, 0.05) is 24.1 Å². The molecule has 8 heteroatoms. The van der Waals surface area contributed by atoms with Gasteiger partial charge in [0.1, 0.15) is 11.3 Å². The number of nitrogens with one attached hydrogen (secondary N) is 1. The molecule has 2 unspecified atom stereocenters. The number of carbonyl (C=O) groups excluding carboxylic acids is 1. The Labute approximate surface area is 180 Å². The van der Waals surface area contributed by atoms with Crippen molar-refractivity contribution in [2.75, 3.05) is 20.6 Å². The van der Waals surface area contributed by atoms with Crippen LogP contribution in [-0.2, 0) is 0 Å². The summed E-state index contributed by atoms with van der Waals surface area (Å²) < 4.78 is 5.55. The van der Waals surface area contributed by atoms with Crippen LogP contribution in [0.3, 0.4) is 0 Å². The first kappa shape index (κ1) is 22.0. The largest absolute Gasteiger partial charge is 0.507 e. The predicted molar refractivity (Wildman–Crippen MR) is 120 cm³/mol. The highest BCUT2D eigenvalue weighted by molar-refractivity contribution is 5.89. The van der Waals surface area contributed by atoms with Crippen LogP contribution in [0.25, 0.3) is 11.0 Å². The van der Waals surface area contributed by atoms with Crippen molar-refractivity contribution in [1.29, 1.82) is 0 Å². The third-order valence-electron chi connectivity index (χ3n) is 5.13. The minimum absolute atomic E-state index is 0.125. The van der Waals surface area contributed by atoms with Crippen molar-refractivity contribution < 1.29 is 14.3 Å².